The maximum atomic E-state index is 6.32. The highest BCUT2D eigenvalue weighted by atomic mass is 16.5. The zero-order chi connectivity index (χ0) is 13.8. The lowest BCUT2D eigenvalue weighted by Crippen LogP contribution is -2.17. The highest BCUT2D eigenvalue weighted by molar-refractivity contribution is 5.39. The normalized spacial score (nSPS) is 12.4. The van der Waals surface area contributed by atoms with Gasteiger partial charge in [0.2, 0.25) is 0 Å². The van der Waals surface area contributed by atoms with Crippen molar-refractivity contribution in [3.63, 3.8) is 0 Å². The van der Waals surface area contributed by atoms with Crippen LogP contribution in [0.2, 0.25) is 0 Å². The average Bonchev–Trinajstić information content (AvgIpc) is 2.85. The zero-order valence-corrected chi connectivity index (χ0v) is 11.8. The summed E-state index contributed by atoms with van der Waals surface area (Å²) in [6.07, 6.45) is 4.51. The lowest BCUT2D eigenvalue weighted by Gasteiger charge is -2.16. The Kier molecular flexibility index (Phi) is 4.22. The Morgan fingerprint density at radius 2 is 2.21 bits per heavy atom. The van der Waals surface area contributed by atoms with Crippen molar-refractivity contribution in [2.45, 2.75) is 32.9 Å². The summed E-state index contributed by atoms with van der Waals surface area (Å²) in [5, 5.41) is 0. The first-order chi connectivity index (χ1) is 9.15. The van der Waals surface area contributed by atoms with Crippen LogP contribution in [0.25, 0.3) is 0 Å². The fourth-order valence-corrected chi connectivity index (χ4v) is 2.27. The van der Waals surface area contributed by atoms with Crippen molar-refractivity contribution in [2.24, 2.45) is 5.73 Å². The number of nitrogens with two attached hydrogens (primary N) is 1. The lowest BCUT2D eigenvalue weighted by molar-refractivity contribution is 0.404. The fourth-order valence-electron chi connectivity index (χ4n) is 2.27. The molecular weight excluding hydrogens is 238 g/mol. The number of imidazole rings is 1. The Bertz CT molecular complexity index is 548. The van der Waals surface area contributed by atoms with Crippen molar-refractivity contribution in [2.75, 3.05) is 7.11 Å². The molecule has 0 spiro atoms. The van der Waals surface area contributed by atoms with Gasteiger partial charge in [0.1, 0.15) is 11.6 Å². The predicted molar refractivity (Wildman–Crippen MR) is 76.3 cm³/mol. The Balaban J connectivity index is 2.24. The van der Waals surface area contributed by atoms with Crippen LogP contribution in [-0.4, -0.2) is 16.7 Å². The van der Waals surface area contributed by atoms with E-state index in [1.165, 1.54) is 5.56 Å². The highest BCUT2D eigenvalue weighted by Gasteiger charge is 2.15. The molecule has 1 unspecified atom stereocenters. The molecule has 0 saturated carbocycles. The molecule has 4 heteroatoms. The summed E-state index contributed by atoms with van der Waals surface area (Å²) in [6, 6.07) is 5.98. The van der Waals surface area contributed by atoms with Crippen LogP contribution >= 0.6 is 0 Å². The summed E-state index contributed by atoms with van der Waals surface area (Å²) in [5.74, 6) is 1.85. The minimum absolute atomic E-state index is 0.109. The van der Waals surface area contributed by atoms with Crippen LogP contribution in [0.15, 0.2) is 30.6 Å². The number of methoxy groups -OCH3 is 1. The molecule has 2 N–H and O–H groups in total. The number of hydrogen-bond acceptors (Lipinski definition) is 3. The van der Waals surface area contributed by atoms with Gasteiger partial charge in [-0.15, -0.1) is 0 Å². The summed E-state index contributed by atoms with van der Waals surface area (Å²) in [5.41, 5.74) is 8.54. The van der Waals surface area contributed by atoms with Crippen LogP contribution in [0, 0.1) is 6.92 Å². The molecule has 0 fully saturated rings. The second-order valence-electron chi connectivity index (χ2n) is 4.69. The molecule has 1 aromatic carbocycles. The molecule has 0 aliphatic heterocycles. The summed E-state index contributed by atoms with van der Waals surface area (Å²) in [6.45, 7) is 5.07. The molecule has 19 heavy (non-hydrogen) atoms. The Hall–Kier alpha value is -1.81. The number of benzene rings is 1. The molecule has 2 aromatic rings. The van der Waals surface area contributed by atoms with E-state index in [-0.39, 0.29) is 6.04 Å². The molecule has 1 aromatic heterocycles. The molecule has 102 valence electrons. The molecule has 1 atom stereocenters. The van der Waals surface area contributed by atoms with Gasteiger partial charge in [-0.3, -0.25) is 0 Å². The van der Waals surface area contributed by atoms with E-state index in [1.807, 2.05) is 24.5 Å². The van der Waals surface area contributed by atoms with Gasteiger partial charge in [0.25, 0.3) is 0 Å². The van der Waals surface area contributed by atoms with Gasteiger partial charge in [-0.25, -0.2) is 4.98 Å². The van der Waals surface area contributed by atoms with Gasteiger partial charge < -0.3 is 15.0 Å². The van der Waals surface area contributed by atoms with Gasteiger partial charge in [0.15, 0.2) is 0 Å². The Labute approximate surface area is 114 Å². The monoisotopic (exact) mass is 259 g/mol. The van der Waals surface area contributed by atoms with Crippen molar-refractivity contribution in [3.8, 4) is 5.75 Å². The molecule has 2 rings (SSSR count). The van der Waals surface area contributed by atoms with Crippen molar-refractivity contribution in [3.05, 3.63) is 47.5 Å². The van der Waals surface area contributed by atoms with Crippen LogP contribution in [0.1, 0.15) is 29.9 Å². The highest BCUT2D eigenvalue weighted by Crippen LogP contribution is 2.26. The van der Waals surface area contributed by atoms with Crippen LogP contribution in [0.3, 0.4) is 0 Å². The fraction of sp³-hybridized carbons (Fsp3) is 0.400. The Morgan fingerprint density at radius 1 is 1.42 bits per heavy atom. The summed E-state index contributed by atoms with van der Waals surface area (Å²) >= 11 is 0. The minimum Gasteiger partial charge on any atom is -0.496 e. The third-order valence-corrected chi connectivity index (χ3v) is 3.33. The van der Waals surface area contributed by atoms with Gasteiger partial charge in [-0.2, -0.15) is 0 Å². The molecule has 0 amide bonds. The number of ether oxygens (including phenoxy) is 1. The van der Waals surface area contributed by atoms with E-state index >= 15 is 0 Å². The summed E-state index contributed by atoms with van der Waals surface area (Å²) in [7, 11) is 1.67. The largest absolute Gasteiger partial charge is 0.496 e. The van der Waals surface area contributed by atoms with Gasteiger partial charge in [-0.05, 0) is 19.9 Å². The summed E-state index contributed by atoms with van der Waals surface area (Å²) < 4.78 is 7.50. The molecule has 0 aliphatic carbocycles. The van der Waals surface area contributed by atoms with Gasteiger partial charge >= 0.3 is 0 Å². The van der Waals surface area contributed by atoms with Crippen molar-refractivity contribution in [1.29, 1.82) is 0 Å². The number of aromatic nitrogens is 2. The minimum atomic E-state index is -0.109. The van der Waals surface area contributed by atoms with Crippen molar-refractivity contribution >= 4 is 0 Å². The lowest BCUT2D eigenvalue weighted by atomic mass is 10.0. The quantitative estimate of drug-likeness (QED) is 0.897. The van der Waals surface area contributed by atoms with Crippen LogP contribution in [-0.2, 0) is 13.0 Å². The molecule has 0 radical (unpaired) electrons. The van der Waals surface area contributed by atoms with Crippen LogP contribution in [0.5, 0.6) is 5.75 Å². The second kappa shape index (κ2) is 5.89. The van der Waals surface area contributed by atoms with E-state index in [1.54, 1.807) is 7.11 Å². The van der Waals surface area contributed by atoms with E-state index < -0.39 is 0 Å². The molecule has 1 heterocycles. The van der Waals surface area contributed by atoms with E-state index in [2.05, 4.69) is 29.5 Å². The van der Waals surface area contributed by atoms with Crippen molar-refractivity contribution < 1.29 is 4.74 Å². The third-order valence-electron chi connectivity index (χ3n) is 3.33. The molecule has 0 saturated heterocycles. The predicted octanol–water partition coefficient (Wildman–Crippen LogP) is 2.46. The maximum Gasteiger partial charge on any atom is 0.123 e. The number of aryl methyl sites for hydroxylation is 2. The zero-order valence-electron chi connectivity index (χ0n) is 11.8. The molecule has 4 nitrogen and oxygen atoms in total. The molecule has 0 aliphatic rings. The smallest absolute Gasteiger partial charge is 0.123 e. The molecule has 0 bridgehead atoms. The van der Waals surface area contributed by atoms with Crippen LogP contribution in [0.4, 0.5) is 0 Å². The van der Waals surface area contributed by atoms with E-state index in [0.717, 1.165) is 23.7 Å². The standard InChI is InChI=1S/C15H21N3O/c1-4-18-8-7-17-15(18)10-13(16)12-9-11(2)5-6-14(12)19-3/h5-9,13H,4,10,16H2,1-3H3. The number of hydrogen-bond donors (Lipinski definition) is 1. The second-order valence-corrected chi connectivity index (χ2v) is 4.69. The average molecular weight is 259 g/mol. The molecular formula is C15H21N3O. The number of nitrogens with zero attached hydrogens (tertiary/aromatic N) is 2. The Morgan fingerprint density at radius 3 is 2.89 bits per heavy atom. The first-order valence-electron chi connectivity index (χ1n) is 6.55. The third kappa shape index (κ3) is 2.96. The van der Waals surface area contributed by atoms with E-state index in [0.29, 0.717) is 6.42 Å². The topological polar surface area (TPSA) is 53.1 Å². The summed E-state index contributed by atoms with van der Waals surface area (Å²) in [4.78, 5) is 4.37. The van der Waals surface area contributed by atoms with E-state index in [4.69, 9.17) is 10.5 Å². The van der Waals surface area contributed by atoms with E-state index in [9.17, 15) is 0 Å². The number of rotatable bonds is 5. The SMILES string of the molecule is CCn1ccnc1CC(N)c1cc(C)ccc1OC. The van der Waals surface area contributed by atoms with Gasteiger partial charge in [0.05, 0.1) is 7.11 Å². The van der Waals surface area contributed by atoms with Gasteiger partial charge in [0, 0.05) is 37.0 Å². The first kappa shape index (κ1) is 13.6. The first-order valence-corrected chi connectivity index (χ1v) is 6.55. The maximum absolute atomic E-state index is 6.32. The van der Waals surface area contributed by atoms with Gasteiger partial charge in [-0.1, -0.05) is 17.7 Å². The van der Waals surface area contributed by atoms with Crippen molar-refractivity contribution in [1.82, 2.24) is 9.55 Å². The van der Waals surface area contributed by atoms with Crippen LogP contribution < -0.4 is 10.5 Å².